The monoisotopic (exact) mass is 306 g/mol. The number of fused-ring (bicyclic) bond motifs is 1. The van der Waals surface area contributed by atoms with Gasteiger partial charge in [-0.15, -0.1) is 0 Å². The summed E-state index contributed by atoms with van der Waals surface area (Å²) in [5, 5.41) is 5.37. The lowest BCUT2D eigenvalue weighted by atomic mass is 10.0. The van der Waals surface area contributed by atoms with Crippen molar-refractivity contribution < 1.29 is 14.4 Å². The topological polar surface area (TPSA) is 75.3 Å². The third-order valence-corrected chi connectivity index (χ3v) is 3.67. The van der Waals surface area contributed by atoms with Crippen LogP contribution in [-0.2, 0) is 0 Å². The van der Waals surface area contributed by atoms with Crippen LogP contribution >= 0.6 is 0 Å². The van der Waals surface area contributed by atoms with E-state index in [9.17, 15) is 14.4 Å². The SMILES string of the molecule is C=C1NC(=O)c2ccc(C(=O)Nc3ccc(C(C)=O)cc3)cc21. The van der Waals surface area contributed by atoms with Crippen molar-refractivity contribution in [1.29, 1.82) is 0 Å². The number of anilines is 1. The fourth-order valence-corrected chi connectivity index (χ4v) is 2.40. The van der Waals surface area contributed by atoms with Gasteiger partial charge in [0.1, 0.15) is 0 Å². The van der Waals surface area contributed by atoms with Crippen molar-refractivity contribution in [2.45, 2.75) is 6.92 Å². The Balaban J connectivity index is 1.81. The summed E-state index contributed by atoms with van der Waals surface area (Å²) in [6.07, 6.45) is 0. The number of rotatable bonds is 3. The van der Waals surface area contributed by atoms with Crippen LogP contribution in [0.1, 0.15) is 43.6 Å². The van der Waals surface area contributed by atoms with Crippen molar-refractivity contribution >= 4 is 29.0 Å². The van der Waals surface area contributed by atoms with E-state index in [1.165, 1.54) is 6.92 Å². The Kier molecular flexibility index (Phi) is 3.54. The summed E-state index contributed by atoms with van der Waals surface area (Å²) in [5.74, 6) is -0.538. The zero-order valence-electron chi connectivity index (χ0n) is 12.5. The molecule has 1 aliphatic rings. The Morgan fingerprint density at radius 3 is 2.30 bits per heavy atom. The Labute approximate surface area is 133 Å². The van der Waals surface area contributed by atoms with E-state index in [4.69, 9.17) is 0 Å². The lowest BCUT2D eigenvalue weighted by molar-refractivity contribution is 0.0977. The van der Waals surface area contributed by atoms with E-state index >= 15 is 0 Å². The molecule has 0 saturated carbocycles. The van der Waals surface area contributed by atoms with Gasteiger partial charge in [0.25, 0.3) is 11.8 Å². The number of carbonyl (C=O) groups is 3. The van der Waals surface area contributed by atoms with Crippen LogP contribution < -0.4 is 10.6 Å². The predicted octanol–water partition coefficient (Wildman–Crippen LogP) is 2.86. The molecule has 2 N–H and O–H groups in total. The van der Waals surface area contributed by atoms with E-state index in [0.717, 1.165) is 0 Å². The molecule has 0 radical (unpaired) electrons. The Bertz CT molecular complexity index is 851. The van der Waals surface area contributed by atoms with Gasteiger partial charge in [-0.05, 0) is 49.4 Å². The molecule has 5 nitrogen and oxygen atoms in total. The van der Waals surface area contributed by atoms with E-state index in [-0.39, 0.29) is 17.6 Å². The van der Waals surface area contributed by atoms with Crippen LogP contribution in [0.4, 0.5) is 5.69 Å². The highest BCUT2D eigenvalue weighted by atomic mass is 16.2. The highest BCUT2D eigenvalue weighted by molar-refractivity contribution is 6.11. The number of ketones is 1. The summed E-state index contributed by atoms with van der Waals surface area (Å²) in [6.45, 7) is 5.25. The minimum atomic E-state index is -0.296. The van der Waals surface area contributed by atoms with Crippen LogP contribution in [0.2, 0.25) is 0 Å². The van der Waals surface area contributed by atoms with E-state index in [2.05, 4.69) is 17.2 Å². The van der Waals surface area contributed by atoms with Gasteiger partial charge < -0.3 is 10.6 Å². The number of nitrogens with one attached hydrogen (secondary N) is 2. The molecule has 0 fully saturated rings. The van der Waals surface area contributed by atoms with E-state index in [1.54, 1.807) is 42.5 Å². The van der Waals surface area contributed by atoms with E-state index < -0.39 is 0 Å². The maximum atomic E-state index is 12.3. The molecule has 23 heavy (non-hydrogen) atoms. The number of hydrogen-bond acceptors (Lipinski definition) is 3. The van der Waals surface area contributed by atoms with Crippen molar-refractivity contribution in [1.82, 2.24) is 5.32 Å². The summed E-state index contributed by atoms with van der Waals surface area (Å²) in [7, 11) is 0. The molecule has 0 spiro atoms. The van der Waals surface area contributed by atoms with Gasteiger partial charge in [-0.2, -0.15) is 0 Å². The second kappa shape index (κ2) is 5.53. The van der Waals surface area contributed by atoms with E-state index in [1.807, 2.05) is 0 Å². The van der Waals surface area contributed by atoms with Crippen LogP contribution in [0.25, 0.3) is 5.70 Å². The lowest BCUT2D eigenvalue weighted by Gasteiger charge is -2.07. The molecule has 2 aromatic carbocycles. The van der Waals surface area contributed by atoms with Crippen LogP contribution in [0.3, 0.4) is 0 Å². The molecular formula is C18H14N2O3. The van der Waals surface area contributed by atoms with Crippen molar-refractivity contribution in [2.75, 3.05) is 5.32 Å². The smallest absolute Gasteiger partial charge is 0.256 e. The Morgan fingerprint density at radius 1 is 1.00 bits per heavy atom. The largest absolute Gasteiger partial charge is 0.322 e. The summed E-state index contributed by atoms with van der Waals surface area (Å²) < 4.78 is 0. The molecule has 1 heterocycles. The van der Waals surface area contributed by atoms with Crippen molar-refractivity contribution in [2.24, 2.45) is 0 Å². The molecule has 2 aromatic rings. The van der Waals surface area contributed by atoms with Gasteiger partial charge in [-0.1, -0.05) is 6.58 Å². The van der Waals surface area contributed by atoms with Crippen LogP contribution in [-0.4, -0.2) is 17.6 Å². The molecule has 0 aromatic heterocycles. The first-order chi connectivity index (χ1) is 11.0. The molecule has 5 heteroatoms. The summed E-state index contributed by atoms with van der Waals surface area (Å²) in [6, 6.07) is 11.5. The molecule has 114 valence electrons. The second-order valence-electron chi connectivity index (χ2n) is 5.28. The molecule has 0 atom stereocenters. The average Bonchev–Trinajstić information content (AvgIpc) is 2.82. The quantitative estimate of drug-likeness (QED) is 0.856. The number of Topliss-reactive ketones (excluding diaryl/α,β-unsaturated/α-hetero) is 1. The Hall–Kier alpha value is -3.21. The molecule has 3 rings (SSSR count). The predicted molar refractivity (Wildman–Crippen MR) is 87.3 cm³/mol. The molecule has 2 amide bonds. The third kappa shape index (κ3) is 2.76. The summed E-state index contributed by atoms with van der Waals surface area (Å²) in [5.41, 5.74) is 3.24. The molecule has 0 bridgehead atoms. The molecule has 1 aliphatic heterocycles. The molecule has 0 aliphatic carbocycles. The normalized spacial score (nSPS) is 12.6. The van der Waals surface area contributed by atoms with Crippen LogP contribution in [0, 0.1) is 0 Å². The van der Waals surface area contributed by atoms with Gasteiger partial charge in [-0.3, -0.25) is 14.4 Å². The maximum Gasteiger partial charge on any atom is 0.256 e. The third-order valence-electron chi connectivity index (χ3n) is 3.67. The van der Waals surface area contributed by atoms with Gasteiger partial charge in [0, 0.05) is 33.6 Å². The fourth-order valence-electron chi connectivity index (χ4n) is 2.40. The maximum absolute atomic E-state index is 12.3. The zero-order valence-corrected chi connectivity index (χ0v) is 12.5. The second-order valence-corrected chi connectivity index (χ2v) is 5.28. The first-order valence-electron chi connectivity index (χ1n) is 7.03. The highest BCUT2D eigenvalue weighted by Crippen LogP contribution is 2.24. The van der Waals surface area contributed by atoms with Crippen molar-refractivity contribution in [3.05, 3.63) is 71.3 Å². The zero-order chi connectivity index (χ0) is 16.6. The fraction of sp³-hybridized carbons (Fsp3) is 0.0556. The summed E-state index contributed by atoms with van der Waals surface area (Å²) in [4.78, 5) is 35.2. The number of carbonyl (C=O) groups excluding carboxylic acids is 3. The van der Waals surface area contributed by atoms with E-state index in [0.29, 0.717) is 33.6 Å². The van der Waals surface area contributed by atoms with Gasteiger partial charge in [0.2, 0.25) is 0 Å². The van der Waals surface area contributed by atoms with Gasteiger partial charge in [-0.25, -0.2) is 0 Å². The first kappa shape index (κ1) is 14.7. The summed E-state index contributed by atoms with van der Waals surface area (Å²) >= 11 is 0. The number of hydrogen-bond donors (Lipinski definition) is 2. The lowest BCUT2D eigenvalue weighted by Crippen LogP contribution is -2.12. The molecular weight excluding hydrogens is 292 g/mol. The van der Waals surface area contributed by atoms with Crippen LogP contribution in [0.15, 0.2) is 49.0 Å². The van der Waals surface area contributed by atoms with Crippen molar-refractivity contribution in [3.63, 3.8) is 0 Å². The number of amides is 2. The first-order valence-corrected chi connectivity index (χ1v) is 7.03. The highest BCUT2D eigenvalue weighted by Gasteiger charge is 2.23. The minimum absolute atomic E-state index is 0.0304. The van der Waals surface area contributed by atoms with Crippen molar-refractivity contribution in [3.8, 4) is 0 Å². The average molecular weight is 306 g/mol. The standard InChI is InChI=1S/C18H14N2O3/c1-10-16-9-13(5-8-15(16)18(23)19-10)17(22)20-14-6-3-12(4-7-14)11(2)21/h3-9H,1H2,2H3,(H,19,23)(H,20,22). The molecule has 0 saturated heterocycles. The van der Waals surface area contributed by atoms with Gasteiger partial charge >= 0.3 is 0 Å². The number of benzene rings is 2. The molecule has 0 unspecified atom stereocenters. The van der Waals surface area contributed by atoms with Gasteiger partial charge in [0.15, 0.2) is 5.78 Å². The van der Waals surface area contributed by atoms with Crippen LogP contribution in [0.5, 0.6) is 0 Å². The Morgan fingerprint density at radius 2 is 1.65 bits per heavy atom. The van der Waals surface area contributed by atoms with Gasteiger partial charge in [0.05, 0.1) is 0 Å². The minimum Gasteiger partial charge on any atom is -0.322 e.